The van der Waals surface area contributed by atoms with Crippen LogP contribution in [-0.4, -0.2) is 58.6 Å². The number of rotatable bonds is 11. The van der Waals surface area contributed by atoms with Gasteiger partial charge in [0.2, 0.25) is 0 Å². The third-order valence-corrected chi connectivity index (χ3v) is 6.39. The average molecular weight is 477 g/mol. The Labute approximate surface area is 203 Å². The van der Waals surface area contributed by atoms with Gasteiger partial charge in [-0.15, -0.1) is 0 Å². The Hall–Kier alpha value is -3.81. The van der Waals surface area contributed by atoms with Crippen LogP contribution in [0.25, 0.3) is 0 Å². The Morgan fingerprint density at radius 3 is 1.77 bits per heavy atom. The highest BCUT2D eigenvalue weighted by Crippen LogP contribution is 2.28. The molecule has 0 fully saturated rings. The van der Waals surface area contributed by atoms with Crippen molar-refractivity contribution in [1.29, 1.82) is 0 Å². The molecule has 4 rings (SSSR count). The van der Waals surface area contributed by atoms with E-state index in [1.54, 1.807) is 48.5 Å². The monoisotopic (exact) mass is 476 g/mol. The molecule has 2 heterocycles. The number of amides is 4. The van der Waals surface area contributed by atoms with Gasteiger partial charge in [-0.2, -0.15) is 0 Å². The molecular weight excluding hydrogens is 448 g/mol. The van der Waals surface area contributed by atoms with E-state index in [9.17, 15) is 24.0 Å². The SMILES string of the molecule is CCCCCOC(=O)C(CCCCN1C(=O)c2ccccc2C1=O)N1C(=O)c2ccccc2C1=O. The molecular formula is C27H28N2O6. The zero-order chi connectivity index (χ0) is 24.9. The average Bonchev–Trinajstić information content (AvgIpc) is 3.27. The first-order chi connectivity index (χ1) is 17.0. The molecule has 2 aromatic rings. The van der Waals surface area contributed by atoms with Crippen molar-refractivity contribution in [2.24, 2.45) is 0 Å². The van der Waals surface area contributed by atoms with Crippen LogP contribution >= 0.6 is 0 Å². The molecule has 0 radical (unpaired) electrons. The molecule has 0 aromatic heterocycles. The predicted molar refractivity (Wildman–Crippen MR) is 127 cm³/mol. The van der Waals surface area contributed by atoms with Gasteiger partial charge in [-0.25, -0.2) is 4.79 Å². The highest BCUT2D eigenvalue weighted by molar-refractivity contribution is 6.23. The van der Waals surface area contributed by atoms with Crippen LogP contribution < -0.4 is 0 Å². The summed E-state index contributed by atoms with van der Waals surface area (Å²) in [7, 11) is 0. The number of imide groups is 2. The molecule has 1 atom stereocenters. The van der Waals surface area contributed by atoms with Crippen molar-refractivity contribution >= 4 is 29.6 Å². The zero-order valence-electron chi connectivity index (χ0n) is 19.7. The van der Waals surface area contributed by atoms with Crippen molar-refractivity contribution in [1.82, 2.24) is 9.80 Å². The number of nitrogens with zero attached hydrogens (tertiary/aromatic N) is 2. The molecule has 2 aliphatic heterocycles. The number of benzene rings is 2. The number of carbonyl (C=O) groups is 5. The molecule has 0 spiro atoms. The Kier molecular flexibility index (Phi) is 7.39. The molecule has 2 aromatic carbocycles. The van der Waals surface area contributed by atoms with Crippen LogP contribution in [0.4, 0.5) is 0 Å². The first-order valence-electron chi connectivity index (χ1n) is 12.0. The summed E-state index contributed by atoms with van der Waals surface area (Å²) in [5.74, 6) is -2.31. The van der Waals surface area contributed by atoms with Crippen molar-refractivity contribution in [3.8, 4) is 0 Å². The van der Waals surface area contributed by atoms with E-state index < -0.39 is 23.8 Å². The van der Waals surface area contributed by atoms with Gasteiger partial charge in [0.25, 0.3) is 23.6 Å². The van der Waals surface area contributed by atoms with Gasteiger partial charge in [0, 0.05) is 6.54 Å². The van der Waals surface area contributed by atoms with Crippen molar-refractivity contribution in [2.75, 3.05) is 13.2 Å². The quantitative estimate of drug-likeness (QED) is 0.277. The third kappa shape index (κ3) is 4.73. The van der Waals surface area contributed by atoms with Crippen LogP contribution in [0.2, 0.25) is 0 Å². The zero-order valence-corrected chi connectivity index (χ0v) is 19.7. The van der Waals surface area contributed by atoms with E-state index in [1.165, 1.54) is 4.90 Å². The van der Waals surface area contributed by atoms with E-state index in [-0.39, 0.29) is 42.5 Å². The van der Waals surface area contributed by atoms with Crippen molar-refractivity contribution in [3.63, 3.8) is 0 Å². The van der Waals surface area contributed by atoms with Crippen LogP contribution in [0, 0.1) is 0 Å². The van der Waals surface area contributed by atoms with Crippen LogP contribution in [0.3, 0.4) is 0 Å². The fourth-order valence-electron chi connectivity index (χ4n) is 4.51. The van der Waals surface area contributed by atoms with Gasteiger partial charge in [0.15, 0.2) is 0 Å². The van der Waals surface area contributed by atoms with Gasteiger partial charge < -0.3 is 4.74 Å². The van der Waals surface area contributed by atoms with Crippen molar-refractivity contribution in [2.45, 2.75) is 51.5 Å². The third-order valence-electron chi connectivity index (χ3n) is 6.39. The number of esters is 1. The predicted octanol–water partition coefficient (Wildman–Crippen LogP) is 3.85. The standard InChI is InChI=1S/C27H28N2O6/c1-2-3-10-17-35-27(34)22(29-25(32)20-13-6-7-14-21(20)26(29)33)15-8-9-16-28-23(30)18-11-4-5-12-19(18)24(28)31/h4-7,11-14,22H,2-3,8-10,15-17H2,1H3. The lowest BCUT2D eigenvalue weighted by Gasteiger charge is -2.25. The summed E-state index contributed by atoms with van der Waals surface area (Å²) in [6.07, 6.45) is 3.60. The van der Waals surface area contributed by atoms with E-state index in [0.29, 0.717) is 30.4 Å². The number of hydrogen-bond donors (Lipinski definition) is 0. The summed E-state index contributed by atoms with van der Waals surface area (Å²) in [6.45, 7) is 2.45. The molecule has 0 N–H and O–H groups in total. The first-order valence-corrected chi connectivity index (χ1v) is 12.0. The highest BCUT2D eigenvalue weighted by atomic mass is 16.5. The van der Waals surface area contributed by atoms with E-state index in [0.717, 1.165) is 17.7 Å². The number of hydrogen-bond acceptors (Lipinski definition) is 6. The maximum absolute atomic E-state index is 13.0. The maximum atomic E-state index is 13.0. The van der Waals surface area contributed by atoms with Gasteiger partial charge in [0.05, 0.1) is 28.9 Å². The topological polar surface area (TPSA) is 101 Å². The number of ether oxygens (including phenoxy) is 1. The highest BCUT2D eigenvalue weighted by Gasteiger charge is 2.43. The fourth-order valence-corrected chi connectivity index (χ4v) is 4.51. The Morgan fingerprint density at radius 2 is 1.26 bits per heavy atom. The van der Waals surface area contributed by atoms with Gasteiger partial charge >= 0.3 is 5.97 Å². The molecule has 8 nitrogen and oxygen atoms in total. The minimum atomic E-state index is -1.06. The summed E-state index contributed by atoms with van der Waals surface area (Å²) in [5.41, 5.74) is 1.31. The Bertz CT molecular complexity index is 1100. The summed E-state index contributed by atoms with van der Waals surface area (Å²) >= 11 is 0. The van der Waals surface area contributed by atoms with E-state index in [4.69, 9.17) is 4.74 Å². The lowest BCUT2D eigenvalue weighted by Crippen LogP contribution is -2.45. The smallest absolute Gasteiger partial charge is 0.329 e. The molecule has 8 heteroatoms. The number of unbranched alkanes of at least 4 members (excludes halogenated alkanes) is 3. The second kappa shape index (κ2) is 10.6. The lowest BCUT2D eigenvalue weighted by atomic mass is 10.1. The van der Waals surface area contributed by atoms with Crippen molar-refractivity contribution in [3.05, 3.63) is 70.8 Å². The minimum absolute atomic E-state index is 0.182. The summed E-state index contributed by atoms with van der Waals surface area (Å²) in [6, 6.07) is 12.1. The number of fused-ring (bicyclic) bond motifs is 2. The number of carbonyl (C=O) groups excluding carboxylic acids is 5. The Balaban J connectivity index is 1.41. The molecule has 182 valence electrons. The van der Waals surface area contributed by atoms with Crippen LogP contribution in [0.5, 0.6) is 0 Å². The normalized spacial score (nSPS) is 15.5. The first kappa shape index (κ1) is 24.3. The maximum Gasteiger partial charge on any atom is 0.329 e. The summed E-state index contributed by atoms with van der Waals surface area (Å²) in [4.78, 5) is 66.3. The van der Waals surface area contributed by atoms with Gasteiger partial charge in [-0.05, 0) is 49.9 Å². The van der Waals surface area contributed by atoms with Crippen LogP contribution in [-0.2, 0) is 9.53 Å². The van der Waals surface area contributed by atoms with E-state index in [1.807, 2.05) is 6.92 Å². The largest absolute Gasteiger partial charge is 0.464 e. The lowest BCUT2D eigenvalue weighted by molar-refractivity contribution is -0.148. The molecule has 0 saturated heterocycles. The van der Waals surface area contributed by atoms with E-state index >= 15 is 0 Å². The molecule has 0 saturated carbocycles. The minimum Gasteiger partial charge on any atom is -0.464 e. The molecule has 35 heavy (non-hydrogen) atoms. The molecule has 0 aliphatic carbocycles. The molecule has 0 bridgehead atoms. The molecule has 2 aliphatic rings. The fraction of sp³-hybridized carbons (Fsp3) is 0.370. The molecule has 4 amide bonds. The van der Waals surface area contributed by atoms with Crippen LogP contribution in [0.15, 0.2) is 48.5 Å². The van der Waals surface area contributed by atoms with Gasteiger partial charge in [-0.1, -0.05) is 44.0 Å². The second-order valence-corrected chi connectivity index (χ2v) is 8.72. The Morgan fingerprint density at radius 1 is 0.743 bits per heavy atom. The van der Waals surface area contributed by atoms with E-state index in [2.05, 4.69) is 0 Å². The van der Waals surface area contributed by atoms with Gasteiger partial charge in [0.1, 0.15) is 6.04 Å². The van der Waals surface area contributed by atoms with Crippen molar-refractivity contribution < 1.29 is 28.7 Å². The van der Waals surface area contributed by atoms with Gasteiger partial charge in [-0.3, -0.25) is 29.0 Å². The summed E-state index contributed by atoms with van der Waals surface area (Å²) in [5, 5.41) is 0. The second-order valence-electron chi connectivity index (χ2n) is 8.72. The molecule has 1 unspecified atom stereocenters. The van der Waals surface area contributed by atoms with Crippen LogP contribution in [0.1, 0.15) is 86.9 Å². The summed E-state index contributed by atoms with van der Waals surface area (Å²) < 4.78 is 5.42.